The summed E-state index contributed by atoms with van der Waals surface area (Å²) in [5.41, 5.74) is 1.62. The highest BCUT2D eigenvalue weighted by Crippen LogP contribution is 2.47. The molecule has 6 nitrogen and oxygen atoms in total. The first kappa shape index (κ1) is 27.9. The Kier molecular flexibility index (Phi) is 7.40. The van der Waals surface area contributed by atoms with Gasteiger partial charge in [0.25, 0.3) is 0 Å². The molecule has 6 rings (SSSR count). The number of aliphatic hydroxyl groups is 2. The largest absolute Gasteiger partial charge is 0.489 e. The summed E-state index contributed by atoms with van der Waals surface area (Å²) in [6.45, 7) is -0.0881. The first-order chi connectivity index (χ1) is 19.6. The molecule has 0 radical (unpaired) electrons. The third kappa shape index (κ3) is 5.64. The van der Waals surface area contributed by atoms with Gasteiger partial charge in [-0.05, 0) is 67.6 Å². The number of fused-ring (bicyclic) bond motifs is 1. The molecule has 0 amide bonds. The Labute approximate surface area is 243 Å². The van der Waals surface area contributed by atoms with Gasteiger partial charge >= 0.3 is 6.18 Å². The zero-order chi connectivity index (χ0) is 28.9. The molecule has 2 heterocycles. The van der Waals surface area contributed by atoms with Gasteiger partial charge in [-0.2, -0.15) is 13.2 Å². The van der Waals surface area contributed by atoms with Crippen LogP contribution in [0.1, 0.15) is 71.2 Å². The maximum atomic E-state index is 14.3. The van der Waals surface area contributed by atoms with E-state index in [4.69, 9.17) is 37.2 Å². The molecule has 3 aromatic carbocycles. The number of aliphatic hydroxyl groups excluding tert-OH is 1. The molecule has 0 spiro atoms. The van der Waals surface area contributed by atoms with Crippen molar-refractivity contribution >= 4 is 23.2 Å². The minimum Gasteiger partial charge on any atom is -0.489 e. The third-order valence-electron chi connectivity index (χ3n) is 7.35. The topological polar surface area (TPSA) is 85.0 Å². The third-order valence-corrected chi connectivity index (χ3v) is 7.98. The minimum atomic E-state index is -4.66. The molecule has 1 aliphatic carbocycles. The quantitative estimate of drug-likeness (QED) is 0.207. The van der Waals surface area contributed by atoms with Crippen molar-refractivity contribution in [3.8, 4) is 22.8 Å². The highest BCUT2D eigenvalue weighted by molar-refractivity contribution is 6.39. The fraction of sp³-hybridized carbons (Fsp3) is 0.300. The first-order valence-corrected chi connectivity index (χ1v) is 13.8. The first-order valence-electron chi connectivity index (χ1n) is 13.0. The lowest BCUT2D eigenvalue weighted by atomic mass is 9.93. The van der Waals surface area contributed by atoms with Crippen molar-refractivity contribution in [2.45, 2.75) is 56.8 Å². The Morgan fingerprint density at radius 2 is 1.76 bits per heavy atom. The monoisotopic (exact) mass is 605 g/mol. The van der Waals surface area contributed by atoms with Gasteiger partial charge in [0, 0.05) is 22.6 Å². The van der Waals surface area contributed by atoms with E-state index in [9.17, 15) is 23.4 Å². The molecule has 11 heteroatoms. The van der Waals surface area contributed by atoms with Crippen LogP contribution in [0.15, 0.2) is 59.1 Å². The molecule has 1 aliphatic heterocycles. The van der Waals surface area contributed by atoms with Crippen LogP contribution in [-0.4, -0.2) is 15.4 Å². The number of benzene rings is 3. The van der Waals surface area contributed by atoms with Crippen LogP contribution in [0.5, 0.6) is 11.5 Å². The van der Waals surface area contributed by atoms with E-state index in [0.717, 1.165) is 18.9 Å². The Balaban J connectivity index is 1.28. The standard InChI is InChI=1S/C30H24Cl2F3NO5/c31-22-2-1-3-23(32)26(22)27-20(28(41-36-27)15-4-5-15)14-39-18-8-9-19(21(13-18)30(33,34)35)25-11-6-16-12-17(29(37)38)7-10-24(16)40-25/h1-3,7-10,12-13,15,25,29,37-38H,4-6,11,14H2. The van der Waals surface area contributed by atoms with Gasteiger partial charge in [-0.15, -0.1) is 0 Å². The van der Waals surface area contributed by atoms with Crippen LogP contribution in [0, 0.1) is 0 Å². The van der Waals surface area contributed by atoms with Crippen LogP contribution in [0.4, 0.5) is 13.2 Å². The van der Waals surface area contributed by atoms with E-state index in [2.05, 4.69) is 5.16 Å². The lowest BCUT2D eigenvalue weighted by Gasteiger charge is -2.29. The zero-order valence-electron chi connectivity index (χ0n) is 21.4. The van der Waals surface area contributed by atoms with Gasteiger partial charge in [0.1, 0.15) is 35.7 Å². The van der Waals surface area contributed by atoms with Crippen molar-refractivity contribution in [3.05, 3.63) is 98.2 Å². The van der Waals surface area contributed by atoms with Crippen molar-refractivity contribution in [2.75, 3.05) is 0 Å². The predicted molar refractivity (Wildman–Crippen MR) is 145 cm³/mol. The molecule has 214 valence electrons. The molecule has 0 bridgehead atoms. The summed E-state index contributed by atoms with van der Waals surface area (Å²) in [4.78, 5) is 0. The van der Waals surface area contributed by atoms with Gasteiger partial charge in [0.05, 0.1) is 21.2 Å². The number of ether oxygens (including phenoxy) is 2. The fourth-order valence-corrected chi connectivity index (χ4v) is 5.72. The van der Waals surface area contributed by atoms with Crippen molar-refractivity contribution < 1.29 is 37.4 Å². The minimum absolute atomic E-state index is 0.00560. The van der Waals surface area contributed by atoms with E-state index >= 15 is 0 Å². The lowest BCUT2D eigenvalue weighted by Crippen LogP contribution is -2.20. The van der Waals surface area contributed by atoms with Gasteiger partial charge < -0.3 is 24.2 Å². The molecule has 1 aromatic heterocycles. The second-order valence-corrected chi connectivity index (χ2v) is 11.0. The predicted octanol–water partition coefficient (Wildman–Crippen LogP) is 8.17. The number of hydrogen-bond acceptors (Lipinski definition) is 6. The number of alkyl halides is 3. The van der Waals surface area contributed by atoms with Crippen LogP contribution < -0.4 is 9.47 Å². The second kappa shape index (κ2) is 10.9. The molecule has 2 aliphatic rings. The normalized spacial score (nSPS) is 16.9. The van der Waals surface area contributed by atoms with Crippen LogP contribution in [-0.2, 0) is 19.2 Å². The van der Waals surface area contributed by atoms with E-state index in [-0.39, 0.29) is 30.3 Å². The average Bonchev–Trinajstić information content (AvgIpc) is 3.70. The molecular formula is C30H24Cl2F3NO5. The number of aromatic nitrogens is 1. The van der Waals surface area contributed by atoms with E-state index in [1.54, 1.807) is 30.3 Å². The van der Waals surface area contributed by atoms with Gasteiger partial charge in [-0.25, -0.2) is 0 Å². The highest BCUT2D eigenvalue weighted by atomic mass is 35.5. The van der Waals surface area contributed by atoms with E-state index < -0.39 is 24.1 Å². The van der Waals surface area contributed by atoms with Crippen molar-refractivity contribution in [3.63, 3.8) is 0 Å². The van der Waals surface area contributed by atoms with Crippen LogP contribution in [0.25, 0.3) is 11.3 Å². The molecule has 1 atom stereocenters. The Morgan fingerprint density at radius 3 is 2.44 bits per heavy atom. The maximum Gasteiger partial charge on any atom is 0.416 e. The van der Waals surface area contributed by atoms with Crippen molar-refractivity contribution in [1.29, 1.82) is 0 Å². The van der Waals surface area contributed by atoms with Crippen LogP contribution in [0.3, 0.4) is 0 Å². The van der Waals surface area contributed by atoms with Crippen molar-refractivity contribution in [1.82, 2.24) is 5.16 Å². The molecule has 1 unspecified atom stereocenters. The second-order valence-electron chi connectivity index (χ2n) is 10.2. The summed E-state index contributed by atoms with van der Waals surface area (Å²) < 4.78 is 60.3. The van der Waals surface area contributed by atoms with Crippen LogP contribution >= 0.6 is 23.2 Å². The number of rotatable bonds is 7. The molecule has 2 N–H and O–H groups in total. The summed E-state index contributed by atoms with van der Waals surface area (Å²) in [5, 5.41) is 23.8. The fourth-order valence-electron chi connectivity index (χ4n) is 5.14. The van der Waals surface area contributed by atoms with Gasteiger partial charge in [-0.1, -0.05) is 46.6 Å². The highest BCUT2D eigenvalue weighted by Gasteiger charge is 2.38. The summed E-state index contributed by atoms with van der Waals surface area (Å²) in [7, 11) is 0. The molecule has 0 saturated heterocycles. The van der Waals surface area contributed by atoms with E-state index in [1.807, 2.05) is 0 Å². The summed E-state index contributed by atoms with van der Waals surface area (Å²) in [5.74, 6) is 1.21. The molecule has 1 fully saturated rings. The Morgan fingerprint density at radius 1 is 1.00 bits per heavy atom. The summed E-state index contributed by atoms with van der Waals surface area (Å²) >= 11 is 12.8. The maximum absolute atomic E-state index is 14.3. The van der Waals surface area contributed by atoms with Gasteiger partial charge in [0.15, 0.2) is 6.29 Å². The molecule has 1 saturated carbocycles. The Bertz CT molecular complexity index is 1580. The number of aryl methyl sites for hydroxylation is 1. The van der Waals surface area contributed by atoms with Gasteiger partial charge in [-0.3, -0.25) is 0 Å². The van der Waals surface area contributed by atoms with Crippen LogP contribution in [0.2, 0.25) is 10.0 Å². The SMILES string of the molecule is OC(O)c1ccc2c(c1)CCC(c1ccc(OCc3c(-c4c(Cl)cccc4Cl)noc3C3CC3)cc1C(F)(F)F)O2. The van der Waals surface area contributed by atoms with E-state index in [1.165, 1.54) is 18.2 Å². The summed E-state index contributed by atoms with van der Waals surface area (Å²) in [6.07, 6.45) is -4.61. The number of hydrogen-bond donors (Lipinski definition) is 2. The summed E-state index contributed by atoms with van der Waals surface area (Å²) in [6, 6.07) is 13.5. The Hall–Kier alpha value is -3.24. The van der Waals surface area contributed by atoms with Crippen molar-refractivity contribution in [2.24, 2.45) is 0 Å². The number of nitrogens with zero attached hydrogens (tertiary/aromatic N) is 1. The molecule has 41 heavy (non-hydrogen) atoms. The van der Waals surface area contributed by atoms with Gasteiger partial charge in [0.2, 0.25) is 0 Å². The smallest absolute Gasteiger partial charge is 0.416 e. The molecular weight excluding hydrogens is 582 g/mol. The lowest BCUT2D eigenvalue weighted by molar-refractivity contribution is -0.139. The van der Waals surface area contributed by atoms with E-state index in [0.29, 0.717) is 55.9 Å². The average molecular weight is 606 g/mol. The number of halogens is 5. The zero-order valence-corrected chi connectivity index (χ0v) is 22.9. The molecule has 4 aromatic rings.